The monoisotopic (exact) mass is 339 g/mol. The zero-order valence-electron chi connectivity index (χ0n) is 12.4. The Morgan fingerprint density at radius 3 is 2.30 bits per heavy atom. The third kappa shape index (κ3) is 4.22. The van der Waals surface area contributed by atoms with Crippen molar-refractivity contribution in [2.45, 2.75) is 6.42 Å². The van der Waals surface area contributed by atoms with Crippen LogP contribution in [0, 0.1) is 0 Å². The number of halogens is 2. The van der Waals surface area contributed by atoms with Crippen molar-refractivity contribution in [3.05, 3.63) is 99.5 Å². The number of hydrogen-bond acceptors (Lipinski definition) is 1. The molecule has 23 heavy (non-hydrogen) atoms. The van der Waals surface area contributed by atoms with Crippen LogP contribution in [0.2, 0.25) is 10.0 Å². The number of rotatable bonds is 4. The highest BCUT2D eigenvalue weighted by atomic mass is 35.5. The summed E-state index contributed by atoms with van der Waals surface area (Å²) in [5.41, 5.74) is 4.08. The molecule has 0 saturated heterocycles. The molecule has 114 valence electrons. The van der Waals surface area contributed by atoms with E-state index in [9.17, 15) is 0 Å². The number of hydrogen-bond donors (Lipinski definition) is 0. The van der Waals surface area contributed by atoms with E-state index in [0.717, 1.165) is 33.8 Å². The molecule has 0 atom stereocenters. The summed E-state index contributed by atoms with van der Waals surface area (Å²) in [5, 5.41) is 1.44. The largest absolute Gasteiger partial charge is 0.256 e. The second-order valence-corrected chi connectivity index (χ2v) is 6.05. The summed E-state index contributed by atoms with van der Waals surface area (Å²) < 4.78 is 0. The highest BCUT2D eigenvalue weighted by molar-refractivity contribution is 6.31. The predicted molar refractivity (Wildman–Crippen MR) is 99.4 cm³/mol. The van der Waals surface area contributed by atoms with Gasteiger partial charge in [0.2, 0.25) is 0 Å². The van der Waals surface area contributed by atoms with Gasteiger partial charge in [0.15, 0.2) is 0 Å². The van der Waals surface area contributed by atoms with Gasteiger partial charge in [0.1, 0.15) is 0 Å². The van der Waals surface area contributed by atoms with E-state index in [0.29, 0.717) is 5.02 Å². The first-order chi connectivity index (χ1) is 11.2. The van der Waals surface area contributed by atoms with Crippen LogP contribution in [0.25, 0.3) is 0 Å². The van der Waals surface area contributed by atoms with Gasteiger partial charge in [-0.3, -0.25) is 4.99 Å². The lowest BCUT2D eigenvalue weighted by atomic mass is 10.0. The lowest BCUT2D eigenvalue weighted by molar-refractivity contribution is 1.18. The van der Waals surface area contributed by atoms with E-state index in [1.165, 1.54) is 0 Å². The van der Waals surface area contributed by atoms with E-state index in [1.807, 2.05) is 79.0 Å². The Labute approximate surface area is 146 Å². The average molecular weight is 340 g/mol. The van der Waals surface area contributed by atoms with Crippen molar-refractivity contribution in [2.75, 3.05) is 0 Å². The fourth-order valence-corrected chi connectivity index (χ4v) is 2.71. The molecule has 0 amide bonds. The van der Waals surface area contributed by atoms with Crippen molar-refractivity contribution in [3.8, 4) is 0 Å². The molecule has 3 aromatic rings. The number of benzene rings is 3. The van der Waals surface area contributed by atoms with Crippen molar-refractivity contribution in [1.82, 2.24) is 0 Å². The summed E-state index contributed by atoms with van der Waals surface area (Å²) in [6.07, 6.45) is 2.57. The first-order valence-electron chi connectivity index (χ1n) is 7.33. The average Bonchev–Trinajstić information content (AvgIpc) is 2.58. The molecule has 0 bridgehead atoms. The third-order valence-corrected chi connectivity index (χ3v) is 4.14. The van der Waals surface area contributed by atoms with Crippen molar-refractivity contribution in [2.24, 2.45) is 4.99 Å². The van der Waals surface area contributed by atoms with E-state index in [2.05, 4.69) is 4.99 Å². The van der Waals surface area contributed by atoms with Gasteiger partial charge in [-0.2, -0.15) is 0 Å². The standard InChI is InChI=1S/C20H15Cl2N/c21-18-11-10-17(12-16-8-4-5-9-19(16)22)20(13-18)23-14-15-6-2-1-3-7-15/h1-11,13-14H,12H2. The molecule has 0 unspecified atom stereocenters. The molecule has 0 aliphatic carbocycles. The van der Waals surface area contributed by atoms with Crippen molar-refractivity contribution in [1.29, 1.82) is 0 Å². The second-order valence-electron chi connectivity index (χ2n) is 5.21. The van der Waals surface area contributed by atoms with Crippen LogP contribution in [0.15, 0.2) is 77.8 Å². The van der Waals surface area contributed by atoms with Crippen LogP contribution in [0.5, 0.6) is 0 Å². The lowest BCUT2D eigenvalue weighted by Crippen LogP contribution is -1.90. The minimum atomic E-state index is 0.674. The SMILES string of the molecule is Clc1ccc(Cc2ccccc2Cl)c(N=Cc2ccccc2)c1. The molecule has 0 N–H and O–H groups in total. The van der Waals surface area contributed by atoms with Crippen LogP contribution < -0.4 is 0 Å². The van der Waals surface area contributed by atoms with Gasteiger partial charge in [0.25, 0.3) is 0 Å². The topological polar surface area (TPSA) is 12.4 Å². The van der Waals surface area contributed by atoms with Gasteiger partial charge in [-0.15, -0.1) is 0 Å². The summed E-state index contributed by atoms with van der Waals surface area (Å²) in [6, 6.07) is 23.6. The lowest BCUT2D eigenvalue weighted by Gasteiger charge is -2.08. The fraction of sp³-hybridized carbons (Fsp3) is 0.0500. The summed E-state index contributed by atoms with van der Waals surface area (Å²) >= 11 is 12.4. The molecule has 3 rings (SSSR count). The minimum Gasteiger partial charge on any atom is -0.256 e. The van der Waals surface area contributed by atoms with Gasteiger partial charge in [-0.05, 0) is 34.9 Å². The van der Waals surface area contributed by atoms with Crippen LogP contribution in [0.3, 0.4) is 0 Å². The summed E-state index contributed by atoms with van der Waals surface area (Å²) in [4.78, 5) is 4.61. The first-order valence-corrected chi connectivity index (χ1v) is 8.09. The maximum absolute atomic E-state index is 6.27. The minimum absolute atomic E-state index is 0.674. The highest BCUT2D eigenvalue weighted by Crippen LogP contribution is 2.28. The van der Waals surface area contributed by atoms with Crippen LogP contribution in [-0.2, 0) is 6.42 Å². The molecule has 0 heterocycles. The third-order valence-electron chi connectivity index (χ3n) is 3.54. The molecular weight excluding hydrogens is 325 g/mol. The van der Waals surface area contributed by atoms with Crippen molar-refractivity contribution in [3.63, 3.8) is 0 Å². The van der Waals surface area contributed by atoms with Gasteiger partial charge in [-0.1, -0.05) is 77.8 Å². The zero-order valence-corrected chi connectivity index (χ0v) is 13.9. The maximum Gasteiger partial charge on any atom is 0.0680 e. The zero-order chi connectivity index (χ0) is 16.1. The Kier molecular flexibility index (Phi) is 5.12. The van der Waals surface area contributed by atoms with Crippen molar-refractivity contribution < 1.29 is 0 Å². The Balaban J connectivity index is 1.92. The van der Waals surface area contributed by atoms with Gasteiger partial charge < -0.3 is 0 Å². The molecule has 3 aromatic carbocycles. The normalized spacial score (nSPS) is 11.0. The maximum atomic E-state index is 6.27. The van der Waals surface area contributed by atoms with E-state index in [1.54, 1.807) is 0 Å². The smallest absolute Gasteiger partial charge is 0.0680 e. The van der Waals surface area contributed by atoms with Gasteiger partial charge >= 0.3 is 0 Å². The van der Waals surface area contributed by atoms with E-state index in [4.69, 9.17) is 23.2 Å². The molecule has 0 fully saturated rings. The number of nitrogens with zero attached hydrogens (tertiary/aromatic N) is 1. The molecule has 0 aliphatic heterocycles. The molecule has 0 spiro atoms. The number of aliphatic imine (C=N–C) groups is 1. The van der Waals surface area contributed by atoms with Crippen LogP contribution in [0.4, 0.5) is 5.69 Å². The Morgan fingerprint density at radius 1 is 0.783 bits per heavy atom. The molecular formula is C20H15Cl2N. The van der Waals surface area contributed by atoms with Gasteiger partial charge in [0, 0.05) is 22.7 Å². The molecule has 0 aliphatic rings. The van der Waals surface area contributed by atoms with Crippen LogP contribution in [0.1, 0.15) is 16.7 Å². The molecule has 0 saturated carbocycles. The molecule has 3 heteroatoms. The summed E-state index contributed by atoms with van der Waals surface area (Å²) in [7, 11) is 0. The molecule has 0 radical (unpaired) electrons. The van der Waals surface area contributed by atoms with Crippen LogP contribution in [-0.4, -0.2) is 6.21 Å². The van der Waals surface area contributed by atoms with E-state index >= 15 is 0 Å². The van der Waals surface area contributed by atoms with Gasteiger partial charge in [-0.25, -0.2) is 0 Å². The Morgan fingerprint density at radius 2 is 1.52 bits per heavy atom. The Hall–Kier alpha value is -2.09. The molecule has 1 nitrogen and oxygen atoms in total. The second kappa shape index (κ2) is 7.45. The summed E-state index contributed by atoms with van der Waals surface area (Å²) in [6.45, 7) is 0. The first kappa shape index (κ1) is 15.8. The quantitative estimate of drug-likeness (QED) is 0.492. The predicted octanol–water partition coefficient (Wildman–Crippen LogP) is 6.33. The Bertz CT molecular complexity index is 826. The fourth-order valence-electron chi connectivity index (χ4n) is 2.34. The van der Waals surface area contributed by atoms with E-state index < -0.39 is 0 Å². The van der Waals surface area contributed by atoms with Crippen LogP contribution >= 0.6 is 23.2 Å². The molecule has 0 aromatic heterocycles. The van der Waals surface area contributed by atoms with Gasteiger partial charge in [0.05, 0.1) is 5.69 Å². The highest BCUT2D eigenvalue weighted by Gasteiger charge is 2.06. The van der Waals surface area contributed by atoms with Crippen molar-refractivity contribution >= 4 is 35.1 Å². The summed E-state index contributed by atoms with van der Waals surface area (Å²) in [5.74, 6) is 0. The van der Waals surface area contributed by atoms with E-state index in [-0.39, 0.29) is 0 Å².